The number of aliphatic hydroxyl groups excluding tert-OH is 1. The quantitative estimate of drug-likeness (QED) is 0.790. The first kappa shape index (κ1) is 14.5. The van der Waals surface area contributed by atoms with E-state index in [0.29, 0.717) is 13.0 Å². The first-order chi connectivity index (χ1) is 9.74. The molecule has 2 heteroatoms. The number of rotatable bonds is 6. The van der Waals surface area contributed by atoms with Gasteiger partial charge in [-0.25, -0.2) is 0 Å². The topological polar surface area (TPSA) is 46.2 Å². The second kappa shape index (κ2) is 6.51. The molecule has 0 heterocycles. The summed E-state index contributed by atoms with van der Waals surface area (Å²) >= 11 is 0. The van der Waals surface area contributed by atoms with Gasteiger partial charge in [0.25, 0.3) is 0 Å². The molecule has 0 aliphatic heterocycles. The molecule has 2 aromatic rings. The molecule has 0 spiro atoms. The fraction of sp³-hybridized carbons (Fsp3) is 0.222. The zero-order valence-corrected chi connectivity index (χ0v) is 11.6. The van der Waals surface area contributed by atoms with E-state index in [0.717, 1.165) is 11.1 Å². The molecule has 0 fully saturated rings. The van der Waals surface area contributed by atoms with E-state index in [2.05, 4.69) is 6.58 Å². The van der Waals surface area contributed by atoms with Crippen LogP contribution in [0.5, 0.6) is 0 Å². The lowest BCUT2D eigenvalue weighted by Crippen LogP contribution is -2.40. The second-order valence-electron chi connectivity index (χ2n) is 5.03. The van der Waals surface area contributed by atoms with Gasteiger partial charge in [0.1, 0.15) is 0 Å². The predicted octanol–water partition coefficient (Wildman–Crippen LogP) is 3.19. The van der Waals surface area contributed by atoms with Gasteiger partial charge in [-0.05, 0) is 17.5 Å². The summed E-state index contributed by atoms with van der Waals surface area (Å²) in [5.41, 5.74) is 7.44. The normalized spacial score (nSPS) is 15.3. The van der Waals surface area contributed by atoms with Gasteiger partial charge in [0, 0.05) is 12.0 Å². The Balaban J connectivity index is 2.49. The first-order valence-electron chi connectivity index (χ1n) is 6.84. The molecule has 3 N–H and O–H groups in total. The van der Waals surface area contributed by atoms with E-state index in [-0.39, 0.29) is 0 Å². The van der Waals surface area contributed by atoms with Gasteiger partial charge >= 0.3 is 0 Å². The van der Waals surface area contributed by atoms with E-state index in [9.17, 15) is 5.11 Å². The van der Waals surface area contributed by atoms with Gasteiger partial charge in [0.2, 0.25) is 0 Å². The lowest BCUT2D eigenvalue weighted by Gasteiger charge is -2.37. The summed E-state index contributed by atoms with van der Waals surface area (Å²) in [5, 5.41) is 10.9. The maximum atomic E-state index is 10.9. The van der Waals surface area contributed by atoms with E-state index in [4.69, 9.17) is 5.73 Å². The van der Waals surface area contributed by atoms with Crippen molar-refractivity contribution in [3.8, 4) is 0 Å². The highest BCUT2D eigenvalue weighted by atomic mass is 16.3. The average molecular weight is 267 g/mol. The van der Waals surface area contributed by atoms with Crippen LogP contribution in [0.4, 0.5) is 0 Å². The number of hydrogen-bond acceptors (Lipinski definition) is 2. The molecule has 2 rings (SSSR count). The van der Waals surface area contributed by atoms with Crippen LogP contribution in [0.1, 0.15) is 23.7 Å². The van der Waals surface area contributed by atoms with Crippen LogP contribution in [0.25, 0.3) is 0 Å². The fourth-order valence-corrected chi connectivity index (χ4v) is 2.68. The van der Waals surface area contributed by atoms with Crippen LogP contribution in [0.2, 0.25) is 0 Å². The number of nitrogens with two attached hydrogens (primary N) is 1. The van der Waals surface area contributed by atoms with Crippen molar-refractivity contribution in [2.24, 2.45) is 5.73 Å². The van der Waals surface area contributed by atoms with Gasteiger partial charge in [0.05, 0.1) is 6.10 Å². The van der Waals surface area contributed by atoms with E-state index < -0.39 is 11.5 Å². The van der Waals surface area contributed by atoms with Crippen LogP contribution in [0, 0.1) is 0 Å². The van der Waals surface area contributed by atoms with Gasteiger partial charge in [-0.15, -0.1) is 6.58 Å². The van der Waals surface area contributed by atoms with Crippen molar-refractivity contribution in [3.05, 3.63) is 84.4 Å². The van der Waals surface area contributed by atoms with Gasteiger partial charge in [-0.1, -0.05) is 66.7 Å². The minimum Gasteiger partial charge on any atom is -0.387 e. The van der Waals surface area contributed by atoms with E-state index in [1.807, 2.05) is 66.7 Å². The zero-order valence-electron chi connectivity index (χ0n) is 11.6. The number of hydrogen-bond donors (Lipinski definition) is 2. The summed E-state index contributed by atoms with van der Waals surface area (Å²) < 4.78 is 0. The SMILES string of the molecule is C=CCC(CN)(c1ccccc1)[C@@H](O)c1ccccc1. The highest BCUT2D eigenvalue weighted by molar-refractivity contribution is 5.33. The summed E-state index contributed by atoms with van der Waals surface area (Å²) in [7, 11) is 0. The average Bonchev–Trinajstić information content (AvgIpc) is 2.54. The monoisotopic (exact) mass is 267 g/mol. The molecule has 0 aliphatic rings. The summed E-state index contributed by atoms with van der Waals surface area (Å²) in [6.45, 7) is 4.19. The minimum atomic E-state index is -0.658. The highest BCUT2D eigenvalue weighted by Gasteiger charge is 2.38. The van der Waals surface area contributed by atoms with Crippen LogP contribution in [0.3, 0.4) is 0 Å². The molecule has 0 saturated heterocycles. The minimum absolute atomic E-state index is 0.360. The molecule has 0 radical (unpaired) electrons. The third-order valence-electron chi connectivity index (χ3n) is 3.86. The molecule has 2 aromatic carbocycles. The van der Waals surface area contributed by atoms with E-state index >= 15 is 0 Å². The van der Waals surface area contributed by atoms with Gasteiger partial charge in [-0.3, -0.25) is 0 Å². The Morgan fingerprint density at radius 2 is 1.60 bits per heavy atom. The third kappa shape index (κ3) is 2.67. The predicted molar refractivity (Wildman–Crippen MR) is 83.4 cm³/mol. The third-order valence-corrected chi connectivity index (χ3v) is 3.86. The summed E-state index contributed by atoms with van der Waals surface area (Å²) in [5.74, 6) is 0. The Labute approximate surface area is 120 Å². The highest BCUT2D eigenvalue weighted by Crippen LogP contribution is 2.39. The first-order valence-corrected chi connectivity index (χ1v) is 6.84. The van der Waals surface area contributed by atoms with Crippen molar-refractivity contribution in [1.82, 2.24) is 0 Å². The van der Waals surface area contributed by atoms with E-state index in [1.54, 1.807) is 0 Å². The molecule has 0 saturated carbocycles. The lowest BCUT2D eigenvalue weighted by atomic mass is 9.71. The number of benzene rings is 2. The molecule has 1 unspecified atom stereocenters. The van der Waals surface area contributed by atoms with Gasteiger partial charge < -0.3 is 10.8 Å². The van der Waals surface area contributed by atoms with Gasteiger partial charge in [-0.2, -0.15) is 0 Å². The Kier molecular flexibility index (Phi) is 4.72. The molecule has 0 aromatic heterocycles. The van der Waals surface area contributed by atoms with Crippen LogP contribution in [0.15, 0.2) is 73.3 Å². The van der Waals surface area contributed by atoms with Crippen molar-refractivity contribution in [3.63, 3.8) is 0 Å². The summed E-state index contributed by atoms with van der Waals surface area (Å²) in [6, 6.07) is 19.6. The molecule has 104 valence electrons. The Hall–Kier alpha value is -1.90. The van der Waals surface area contributed by atoms with Crippen LogP contribution >= 0.6 is 0 Å². The molecule has 2 atom stereocenters. The standard InChI is InChI=1S/C18H21NO/c1-2-13-18(14-19,16-11-7-4-8-12-16)17(20)15-9-5-3-6-10-15/h2-12,17,20H,1,13-14,19H2/t17-,18?/m0/s1. The van der Waals surface area contributed by atoms with Crippen molar-refractivity contribution in [1.29, 1.82) is 0 Å². The summed E-state index contributed by atoms with van der Waals surface area (Å²) in [6.07, 6.45) is 1.80. The van der Waals surface area contributed by atoms with Crippen molar-refractivity contribution in [2.45, 2.75) is 17.9 Å². The molecular formula is C18H21NO. The van der Waals surface area contributed by atoms with E-state index in [1.165, 1.54) is 0 Å². The van der Waals surface area contributed by atoms with Crippen LogP contribution in [-0.4, -0.2) is 11.7 Å². The van der Waals surface area contributed by atoms with Crippen molar-refractivity contribution < 1.29 is 5.11 Å². The lowest BCUT2D eigenvalue weighted by molar-refractivity contribution is 0.0847. The molecule has 0 bridgehead atoms. The Bertz CT molecular complexity index is 538. The smallest absolute Gasteiger partial charge is 0.0901 e. The Morgan fingerprint density at radius 1 is 1.05 bits per heavy atom. The maximum absolute atomic E-state index is 10.9. The maximum Gasteiger partial charge on any atom is 0.0901 e. The zero-order chi connectivity index (χ0) is 14.4. The molecule has 0 aliphatic carbocycles. The number of allylic oxidation sites excluding steroid dienone is 1. The van der Waals surface area contributed by atoms with Crippen LogP contribution in [-0.2, 0) is 5.41 Å². The summed E-state index contributed by atoms with van der Waals surface area (Å²) in [4.78, 5) is 0. The fourth-order valence-electron chi connectivity index (χ4n) is 2.68. The molecule has 2 nitrogen and oxygen atoms in total. The second-order valence-corrected chi connectivity index (χ2v) is 5.03. The van der Waals surface area contributed by atoms with Gasteiger partial charge in [0.15, 0.2) is 0 Å². The van der Waals surface area contributed by atoms with Crippen molar-refractivity contribution in [2.75, 3.05) is 6.54 Å². The number of aliphatic hydroxyl groups is 1. The van der Waals surface area contributed by atoms with Crippen LogP contribution < -0.4 is 5.73 Å². The molecule has 20 heavy (non-hydrogen) atoms. The van der Waals surface area contributed by atoms with Crippen molar-refractivity contribution >= 4 is 0 Å². The Morgan fingerprint density at radius 3 is 2.10 bits per heavy atom. The molecular weight excluding hydrogens is 246 g/mol. The largest absolute Gasteiger partial charge is 0.387 e. The molecule has 0 amide bonds.